The van der Waals surface area contributed by atoms with Crippen molar-refractivity contribution in [1.82, 2.24) is 0 Å². The van der Waals surface area contributed by atoms with E-state index in [0.29, 0.717) is 17.5 Å². The second-order valence-electron chi connectivity index (χ2n) is 4.97. The number of nitrogens with one attached hydrogen (secondary N) is 1. The highest BCUT2D eigenvalue weighted by Crippen LogP contribution is 2.31. The standard InChI is InChI=1S/C16H12F2N2O3/c17-10-5-6-12(11(18)7-10)19-15(21)8-20-9-16(22)23-14-4-2-1-3-13(14)20/h1-7H,8-9H2,(H,19,21). The molecule has 23 heavy (non-hydrogen) atoms. The number of nitrogens with zero attached hydrogens (tertiary/aromatic N) is 1. The maximum Gasteiger partial charge on any atom is 0.331 e. The monoisotopic (exact) mass is 318 g/mol. The number of fused-ring (bicyclic) bond motifs is 1. The lowest BCUT2D eigenvalue weighted by Crippen LogP contribution is -2.41. The first-order valence-corrected chi connectivity index (χ1v) is 6.82. The van der Waals surface area contributed by atoms with Gasteiger partial charge in [-0.1, -0.05) is 12.1 Å². The second kappa shape index (κ2) is 6.04. The summed E-state index contributed by atoms with van der Waals surface area (Å²) in [4.78, 5) is 25.2. The lowest BCUT2D eigenvalue weighted by molar-refractivity contribution is -0.133. The first kappa shape index (κ1) is 15.0. The average molecular weight is 318 g/mol. The molecule has 0 aromatic heterocycles. The number of rotatable bonds is 3. The molecule has 0 unspecified atom stereocenters. The van der Waals surface area contributed by atoms with Crippen molar-refractivity contribution in [3.8, 4) is 5.75 Å². The number of ether oxygens (including phenoxy) is 1. The summed E-state index contributed by atoms with van der Waals surface area (Å²) in [7, 11) is 0. The Labute approximate surface area is 130 Å². The zero-order chi connectivity index (χ0) is 16.4. The number of carbonyl (C=O) groups is 2. The Hall–Kier alpha value is -2.96. The van der Waals surface area contributed by atoms with Crippen molar-refractivity contribution < 1.29 is 23.1 Å². The molecule has 1 heterocycles. The van der Waals surface area contributed by atoms with Crippen molar-refractivity contribution in [2.75, 3.05) is 23.3 Å². The lowest BCUT2D eigenvalue weighted by atomic mass is 10.2. The molecular formula is C16H12F2N2O3. The number of para-hydroxylation sites is 2. The second-order valence-corrected chi connectivity index (χ2v) is 4.97. The Kier molecular flexibility index (Phi) is 3.92. The van der Waals surface area contributed by atoms with E-state index < -0.39 is 23.5 Å². The number of hydrogen-bond donors (Lipinski definition) is 1. The van der Waals surface area contributed by atoms with Crippen LogP contribution in [0.15, 0.2) is 42.5 Å². The summed E-state index contributed by atoms with van der Waals surface area (Å²) in [6, 6.07) is 9.67. The smallest absolute Gasteiger partial charge is 0.331 e. The molecule has 0 bridgehead atoms. The molecule has 0 fully saturated rings. The van der Waals surface area contributed by atoms with E-state index in [9.17, 15) is 18.4 Å². The van der Waals surface area contributed by atoms with Crippen molar-refractivity contribution in [3.05, 3.63) is 54.1 Å². The van der Waals surface area contributed by atoms with Crippen molar-refractivity contribution in [2.45, 2.75) is 0 Å². The minimum absolute atomic E-state index is 0.0870. The van der Waals surface area contributed by atoms with E-state index in [-0.39, 0.29) is 18.8 Å². The highest BCUT2D eigenvalue weighted by atomic mass is 19.1. The van der Waals surface area contributed by atoms with Crippen LogP contribution in [0, 0.1) is 11.6 Å². The Bertz CT molecular complexity index is 780. The minimum atomic E-state index is -0.864. The Morgan fingerprint density at radius 1 is 1.22 bits per heavy atom. The normalized spacial score (nSPS) is 13.3. The van der Waals surface area contributed by atoms with Gasteiger partial charge in [-0.15, -0.1) is 0 Å². The molecule has 1 amide bonds. The molecule has 0 atom stereocenters. The Balaban J connectivity index is 1.74. The molecule has 118 valence electrons. The van der Waals surface area contributed by atoms with Gasteiger partial charge < -0.3 is 15.0 Å². The van der Waals surface area contributed by atoms with Crippen LogP contribution in [0.3, 0.4) is 0 Å². The predicted molar refractivity (Wildman–Crippen MR) is 79.3 cm³/mol. The van der Waals surface area contributed by atoms with Gasteiger partial charge in [0.25, 0.3) is 0 Å². The summed E-state index contributed by atoms with van der Waals surface area (Å²) in [6.07, 6.45) is 0. The van der Waals surface area contributed by atoms with Crippen LogP contribution in [0.5, 0.6) is 5.75 Å². The van der Waals surface area contributed by atoms with Gasteiger partial charge in [0, 0.05) is 6.07 Å². The van der Waals surface area contributed by atoms with Crippen LogP contribution >= 0.6 is 0 Å². The van der Waals surface area contributed by atoms with E-state index in [1.54, 1.807) is 24.3 Å². The number of amides is 1. The van der Waals surface area contributed by atoms with Gasteiger partial charge in [0.2, 0.25) is 5.91 Å². The highest BCUT2D eigenvalue weighted by Gasteiger charge is 2.25. The third-order valence-electron chi connectivity index (χ3n) is 3.29. The molecule has 3 rings (SSSR count). The Morgan fingerprint density at radius 2 is 2.00 bits per heavy atom. The van der Waals surface area contributed by atoms with E-state index in [2.05, 4.69) is 5.32 Å². The number of benzene rings is 2. The van der Waals surface area contributed by atoms with Crippen LogP contribution in [0.4, 0.5) is 20.2 Å². The zero-order valence-corrected chi connectivity index (χ0v) is 11.9. The van der Waals surface area contributed by atoms with E-state index in [4.69, 9.17) is 4.74 Å². The van der Waals surface area contributed by atoms with E-state index in [1.807, 2.05) is 0 Å². The van der Waals surface area contributed by atoms with Crippen LogP contribution in [-0.4, -0.2) is 25.0 Å². The fraction of sp³-hybridized carbons (Fsp3) is 0.125. The number of hydrogen-bond acceptors (Lipinski definition) is 4. The molecule has 1 N–H and O–H groups in total. The summed E-state index contributed by atoms with van der Waals surface area (Å²) in [6.45, 7) is -0.251. The fourth-order valence-corrected chi connectivity index (χ4v) is 2.30. The molecule has 1 aliphatic rings. The summed E-state index contributed by atoms with van der Waals surface area (Å²) < 4.78 is 31.5. The zero-order valence-electron chi connectivity index (χ0n) is 11.9. The highest BCUT2D eigenvalue weighted by molar-refractivity contribution is 5.96. The number of halogens is 2. The van der Waals surface area contributed by atoms with E-state index in [0.717, 1.165) is 12.1 Å². The first-order chi connectivity index (χ1) is 11.0. The Morgan fingerprint density at radius 3 is 2.78 bits per heavy atom. The predicted octanol–water partition coefficient (Wildman–Crippen LogP) is 2.33. The maximum atomic E-state index is 13.5. The molecule has 0 aliphatic carbocycles. The molecule has 5 nitrogen and oxygen atoms in total. The first-order valence-electron chi connectivity index (χ1n) is 6.82. The van der Waals surface area contributed by atoms with Crippen molar-refractivity contribution in [3.63, 3.8) is 0 Å². The van der Waals surface area contributed by atoms with Crippen molar-refractivity contribution in [1.29, 1.82) is 0 Å². The molecule has 0 saturated heterocycles. The van der Waals surface area contributed by atoms with Crippen molar-refractivity contribution in [2.24, 2.45) is 0 Å². The SMILES string of the molecule is O=C(CN1CC(=O)Oc2ccccc21)Nc1ccc(F)cc1F. The van der Waals surface area contributed by atoms with Gasteiger partial charge in [0.1, 0.15) is 18.2 Å². The molecule has 0 radical (unpaired) electrons. The van der Waals surface area contributed by atoms with Crippen LogP contribution in [-0.2, 0) is 9.59 Å². The summed E-state index contributed by atoms with van der Waals surface area (Å²) in [5.41, 5.74) is 0.478. The van der Waals surface area contributed by atoms with Gasteiger partial charge >= 0.3 is 5.97 Å². The molecule has 2 aromatic carbocycles. The number of anilines is 2. The van der Waals surface area contributed by atoms with E-state index in [1.165, 1.54) is 4.90 Å². The molecule has 2 aromatic rings. The molecule has 0 spiro atoms. The third-order valence-corrected chi connectivity index (χ3v) is 3.29. The van der Waals surface area contributed by atoms with Gasteiger partial charge in [0.15, 0.2) is 5.75 Å². The van der Waals surface area contributed by atoms with Gasteiger partial charge in [0.05, 0.1) is 17.9 Å². The summed E-state index contributed by atoms with van der Waals surface area (Å²) in [5.74, 6) is -2.24. The largest absolute Gasteiger partial charge is 0.423 e. The van der Waals surface area contributed by atoms with Gasteiger partial charge in [-0.3, -0.25) is 4.79 Å². The van der Waals surface area contributed by atoms with Gasteiger partial charge in [-0.05, 0) is 24.3 Å². The van der Waals surface area contributed by atoms with Crippen LogP contribution < -0.4 is 15.0 Å². The molecule has 0 saturated carbocycles. The number of esters is 1. The van der Waals surface area contributed by atoms with E-state index >= 15 is 0 Å². The molecule has 7 heteroatoms. The van der Waals surface area contributed by atoms with Crippen LogP contribution in [0.25, 0.3) is 0 Å². The third kappa shape index (κ3) is 3.28. The molecule has 1 aliphatic heterocycles. The van der Waals surface area contributed by atoms with Gasteiger partial charge in [-0.2, -0.15) is 0 Å². The molecular weight excluding hydrogens is 306 g/mol. The quantitative estimate of drug-likeness (QED) is 0.697. The van der Waals surface area contributed by atoms with Gasteiger partial charge in [-0.25, -0.2) is 13.6 Å². The fourth-order valence-electron chi connectivity index (χ4n) is 2.30. The average Bonchev–Trinajstić information content (AvgIpc) is 2.50. The van der Waals surface area contributed by atoms with Crippen LogP contribution in [0.1, 0.15) is 0 Å². The lowest BCUT2D eigenvalue weighted by Gasteiger charge is -2.29. The summed E-state index contributed by atoms with van der Waals surface area (Å²) >= 11 is 0. The number of carbonyl (C=O) groups excluding carboxylic acids is 2. The maximum absolute atomic E-state index is 13.5. The van der Waals surface area contributed by atoms with Crippen LogP contribution in [0.2, 0.25) is 0 Å². The topological polar surface area (TPSA) is 58.6 Å². The summed E-state index contributed by atoms with van der Waals surface area (Å²) in [5, 5.41) is 2.36. The minimum Gasteiger partial charge on any atom is -0.423 e. The van der Waals surface area contributed by atoms with Crippen molar-refractivity contribution >= 4 is 23.3 Å².